The summed E-state index contributed by atoms with van der Waals surface area (Å²) in [6, 6.07) is 0.246. The molecule has 100 valence electrons. The second-order valence-corrected chi connectivity index (χ2v) is 5.21. The molecule has 0 aromatic rings. The summed E-state index contributed by atoms with van der Waals surface area (Å²) in [5.41, 5.74) is 0. The highest BCUT2D eigenvalue weighted by Gasteiger charge is 2.19. The van der Waals surface area contributed by atoms with E-state index in [0.29, 0.717) is 19.0 Å². The van der Waals surface area contributed by atoms with Gasteiger partial charge < -0.3 is 15.7 Å². The highest BCUT2D eigenvalue weighted by molar-refractivity contribution is 5.74. The minimum atomic E-state index is -0.300. The Bertz CT molecular complexity index is 225. The van der Waals surface area contributed by atoms with Crippen LogP contribution in [0.2, 0.25) is 0 Å². The van der Waals surface area contributed by atoms with E-state index in [-0.39, 0.29) is 12.1 Å². The average molecular weight is 242 g/mol. The van der Waals surface area contributed by atoms with Crippen molar-refractivity contribution in [3.05, 3.63) is 0 Å². The molecule has 4 nitrogen and oxygen atoms in total. The summed E-state index contributed by atoms with van der Waals surface area (Å²) >= 11 is 0. The summed E-state index contributed by atoms with van der Waals surface area (Å²) < 4.78 is 0. The molecule has 2 amide bonds. The van der Waals surface area contributed by atoms with Crippen molar-refractivity contribution >= 4 is 6.03 Å². The molecule has 4 heteroatoms. The van der Waals surface area contributed by atoms with E-state index in [4.69, 9.17) is 0 Å². The maximum Gasteiger partial charge on any atom is 0.315 e. The molecule has 1 saturated carbocycles. The van der Waals surface area contributed by atoms with Crippen molar-refractivity contribution in [1.29, 1.82) is 0 Å². The third kappa shape index (κ3) is 5.91. The number of nitrogens with one attached hydrogen (secondary N) is 2. The molecule has 1 fully saturated rings. The predicted molar refractivity (Wildman–Crippen MR) is 68.9 cm³/mol. The smallest absolute Gasteiger partial charge is 0.315 e. The molecule has 1 aliphatic rings. The first-order valence-corrected chi connectivity index (χ1v) is 6.84. The Morgan fingerprint density at radius 3 is 2.59 bits per heavy atom. The zero-order valence-corrected chi connectivity index (χ0v) is 11.0. The molecule has 0 saturated heterocycles. The van der Waals surface area contributed by atoms with E-state index in [9.17, 15) is 9.90 Å². The van der Waals surface area contributed by atoms with Crippen LogP contribution in [0.3, 0.4) is 0 Å². The number of hydrogen-bond donors (Lipinski definition) is 3. The zero-order valence-electron chi connectivity index (χ0n) is 11.0. The van der Waals surface area contributed by atoms with Crippen LogP contribution in [0.1, 0.15) is 52.4 Å². The Kier molecular flexibility index (Phi) is 6.34. The molecular weight excluding hydrogens is 216 g/mol. The molecule has 17 heavy (non-hydrogen) atoms. The van der Waals surface area contributed by atoms with Gasteiger partial charge in [-0.25, -0.2) is 4.79 Å². The molecule has 0 heterocycles. The Morgan fingerprint density at radius 1 is 1.35 bits per heavy atom. The first-order chi connectivity index (χ1) is 8.11. The Labute approximate surface area is 104 Å². The number of aliphatic hydroxyl groups is 1. The van der Waals surface area contributed by atoms with Gasteiger partial charge in [-0.1, -0.05) is 13.8 Å². The average Bonchev–Trinajstić information content (AvgIpc) is 2.32. The summed E-state index contributed by atoms with van der Waals surface area (Å²) in [5, 5.41) is 15.1. The topological polar surface area (TPSA) is 61.4 Å². The second kappa shape index (κ2) is 7.54. The lowest BCUT2D eigenvalue weighted by Gasteiger charge is -2.27. The maximum absolute atomic E-state index is 11.6. The van der Waals surface area contributed by atoms with Crippen LogP contribution in [0, 0.1) is 5.92 Å². The maximum atomic E-state index is 11.6. The SMILES string of the molecule is CCC(O)CCNC(=O)NC1CCC(C)CC1. The standard InChI is InChI=1S/C13H26N2O2/c1-3-12(16)8-9-14-13(17)15-11-6-4-10(2)5-7-11/h10-12,16H,3-9H2,1-2H3,(H2,14,15,17). The van der Waals surface area contributed by atoms with Crippen LogP contribution < -0.4 is 10.6 Å². The van der Waals surface area contributed by atoms with Gasteiger partial charge in [-0.2, -0.15) is 0 Å². The van der Waals surface area contributed by atoms with E-state index in [2.05, 4.69) is 17.6 Å². The fourth-order valence-corrected chi connectivity index (χ4v) is 2.20. The molecule has 0 aromatic carbocycles. The van der Waals surface area contributed by atoms with Gasteiger partial charge in [0.05, 0.1) is 6.10 Å². The number of urea groups is 1. The summed E-state index contributed by atoms with van der Waals surface area (Å²) in [7, 11) is 0. The highest BCUT2D eigenvalue weighted by Crippen LogP contribution is 2.23. The second-order valence-electron chi connectivity index (χ2n) is 5.21. The third-order valence-corrected chi connectivity index (χ3v) is 3.59. The molecule has 1 rings (SSSR count). The van der Waals surface area contributed by atoms with Crippen molar-refractivity contribution in [2.45, 2.75) is 64.5 Å². The van der Waals surface area contributed by atoms with Gasteiger partial charge in [0.15, 0.2) is 0 Å². The molecule has 0 aromatic heterocycles. The van der Waals surface area contributed by atoms with Gasteiger partial charge >= 0.3 is 6.03 Å². The minimum Gasteiger partial charge on any atom is -0.393 e. The van der Waals surface area contributed by atoms with E-state index in [0.717, 1.165) is 25.2 Å². The summed E-state index contributed by atoms with van der Waals surface area (Å²) in [4.78, 5) is 11.6. The molecule has 1 aliphatic carbocycles. The van der Waals surface area contributed by atoms with Gasteiger partial charge in [-0.15, -0.1) is 0 Å². The van der Waals surface area contributed by atoms with Gasteiger partial charge in [0, 0.05) is 12.6 Å². The van der Waals surface area contributed by atoms with Gasteiger partial charge in [0.1, 0.15) is 0 Å². The van der Waals surface area contributed by atoms with Crippen LogP contribution in [0.25, 0.3) is 0 Å². The lowest BCUT2D eigenvalue weighted by Crippen LogP contribution is -2.44. The van der Waals surface area contributed by atoms with Crippen molar-refractivity contribution in [1.82, 2.24) is 10.6 Å². The van der Waals surface area contributed by atoms with Crippen molar-refractivity contribution in [3.63, 3.8) is 0 Å². The molecule has 3 N–H and O–H groups in total. The highest BCUT2D eigenvalue weighted by atomic mass is 16.3. The van der Waals surface area contributed by atoms with E-state index in [1.807, 2.05) is 6.92 Å². The van der Waals surface area contributed by atoms with Crippen molar-refractivity contribution in [3.8, 4) is 0 Å². The monoisotopic (exact) mass is 242 g/mol. The fraction of sp³-hybridized carbons (Fsp3) is 0.923. The van der Waals surface area contributed by atoms with Crippen LogP contribution in [0.15, 0.2) is 0 Å². The molecule has 0 spiro atoms. The molecular formula is C13H26N2O2. The third-order valence-electron chi connectivity index (χ3n) is 3.59. The normalized spacial score (nSPS) is 26.3. The van der Waals surface area contributed by atoms with Gasteiger partial charge in [-0.05, 0) is 44.4 Å². The van der Waals surface area contributed by atoms with E-state index in [1.54, 1.807) is 0 Å². The Hall–Kier alpha value is -0.770. The van der Waals surface area contributed by atoms with Crippen LogP contribution in [-0.2, 0) is 0 Å². The molecule has 0 aliphatic heterocycles. The van der Waals surface area contributed by atoms with Crippen LogP contribution in [0.5, 0.6) is 0 Å². The lowest BCUT2D eigenvalue weighted by molar-refractivity contribution is 0.159. The predicted octanol–water partition coefficient (Wildman–Crippen LogP) is 2.03. The summed E-state index contributed by atoms with van der Waals surface area (Å²) in [6.45, 7) is 4.75. The number of carbonyl (C=O) groups excluding carboxylic acids is 1. The Morgan fingerprint density at radius 2 is 2.00 bits per heavy atom. The lowest BCUT2D eigenvalue weighted by atomic mass is 9.87. The zero-order chi connectivity index (χ0) is 12.7. The van der Waals surface area contributed by atoms with E-state index in [1.165, 1.54) is 12.8 Å². The molecule has 1 atom stereocenters. The number of rotatable bonds is 5. The number of amides is 2. The van der Waals surface area contributed by atoms with Crippen LogP contribution in [0.4, 0.5) is 4.79 Å². The fourth-order valence-electron chi connectivity index (χ4n) is 2.20. The number of aliphatic hydroxyl groups excluding tert-OH is 1. The quantitative estimate of drug-likeness (QED) is 0.690. The molecule has 0 bridgehead atoms. The van der Waals surface area contributed by atoms with Crippen molar-refractivity contribution in [2.24, 2.45) is 5.92 Å². The van der Waals surface area contributed by atoms with Gasteiger partial charge in [-0.3, -0.25) is 0 Å². The molecule has 1 unspecified atom stereocenters. The van der Waals surface area contributed by atoms with E-state index < -0.39 is 0 Å². The van der Waals surface area contributed by atoms with Crippen molar-refractivity contribution in [2.75, 3.05) is 6.54 Å². The first-order valence-electron chi connectivity index (χ1n) is 6.84. The van der Waals surface area contributed by atoms with Crippen LogP contribution in [-0.4, -0.2) is 29.8 Å². The van der Waals surface area contributed by atoms with E-state index >= 15 is 0 Å². The Balaban J connectivity index is 2.08. The number of hydrogen-bond acceptors (Lipinski definition) is 2. The van der Waals surface area contributed by atoms with Crippen molar-refractivity contribution < 1.29 is 9.90 Å². The minimum absolute atomic E-state index is 0.0899. The van der Waals surface area contributed by atoms with Gasteiger partial charge in [0.2, 0.25) is 0 Å². The largest absolute Gasteiger partial charge is 0.393 e. The first kappa shape index (κ1) is 14.3. The van der Waals surface area contributed by atoms with Crippen LogP contribution >= 0.6 is 0 Å². The summed E-state index contributed by atoms with van der Waals surface area (Å²) in [5.74, 6) is 0.802. The molecule has 0 radical (unpaired) electrons. The summed E-state index contributed by atoms with van der Waals surface area (Å²) in [6.07, 6.45) is 5.66. The van der Waals surface area contributed by atoms with Gasteiger partial charge in [0.25, 0.3) is 0 Å². The number of carbonyl (C=O) groups is 1.